The molecule has 2 rings (SSSR count). The van der Waals surface area contributed by atoms with Gasteiger partial charge in [-0.2, -0.15) is 11.3 Å². The number of aliphatic hydroxyl groups is 1. The van der Waals surface area contributed by atoms with Crippen LogP contribution in [-0.2, 0) is 5.60 Å². The molecule has 3 N–H and O–H groups in total. The third-order valence-electron chi connectivity index (χ3n) is 2.71. The highest BCUT2D eigenvalue weighted by atomic mass is 35.5. The molecule has 0 bridgehead atoms. The monoisotopic (exact) mass is 318 g/mol. The molecule has 0 saturated carbocycles. The van der Waals surface area contributed by atoms with E-state index in [2.05, 4.69) is 10.3 Å². The first-order valence-electron chi connectivity index (χ1n) is 5.47. The number of aromatic nitrogens is 1. The zero-order valence-electron chi connectivity index (χ0n) is 10.0. The van der Waals surface area contributed by atoms with Gasteiger partial charge in [0.2, 0.25) is 0 Å². The second kappa shape index (κ2) is 5.54. The molecule has 0 unspecified atom stereocenters. The predicted molar refractivity (Wildman–Crippen MR) is 77.0 cm³/mol. The standard InChI is InChI=1S/C12H12Cl2N2O2S/c1-12(18,7-2-3-19-5-7)6-15-11(17)9-4-8(13)10(14)16-9/h2-5,16,18H,6H2,1H3,(H,15,17)/t12-/m1/s1. The third-order valence-corrected chi connectivity index (χ3v) is 4.08. The number of aromatic amines is 1. The van der Waals surface area contributed by atoms with Crippen LogP contribution in [-0.4, -0.2) is 22.5 Å². The smallest absolute Gasteiger partial charge is 0.267 e. The number of hydrogen-bond donors (Lipinski definition) is 3. The Bertz CT molecular complexity index is 559. The second-order valence-corrected chi connectivity index (χ2v) is 5.88. The van der Waals surface area contributed by atoms with Crippen molar-refractivity contribution in [3.63, 3.8) is 0 Å². The number of amides is 1. The lowest BCUT2D eigenvalue weighted by atomic mass is 9.99. The van der Waals surface area contributed by atoms with Gasteiger partial charge in [0.15, 0.2) is 0 Å². The van der Waals surface area contributed by atoms with Gasteiger partial charge < -0.3 is 15.4 Å². The van der Waals surface area contributed by atoms with Crippen LogP contribution in [0.1, 0.15) is 23.0 Å². The molecule has 2 aromatic rings. The third kappa shape index (κ3) is 3.30. The summed E-state index contributed by atoms with van der Waals surface area (Å²) in [5.74, 6) is -0.371. The van der Waals surface area contributed by atoms with Gasteiger partial charge in [-0.3, -0.25) is 4.79 Å². The van der Waals surface area contributed by atoms with Crippen molar-refractivity contribution in [3.8, 4) is 0 Å². The van der Waals surface area contributed by atoms with E-state index < -0.39 is 5.60 Å². The summed E-state index contributed by atoms with van der Waals surface area (Å²) in [6, 6.07) is 3.26. The molecule has 19 heavy (non-hydrogen) atoms. The van der Waals surface area contributed by atoms with E-state index in [4.69, 9.17) is 23.2 Å². The fraction of sp³-hybridized carbons (Fsp3) is 0.250. The number of rotatable bonds is 4. The molecular formula is C12H12Cl2N2O2S. The van der Waals surface area contributed by atoms with Crippen molar-refractivity contribution >= 4 is 40.4 Å². The molecule has 0 aliphatic carbocycles. The maximum absolute atomic E-state index is 11.9. The van der Waals surface area contributed by atoms with E-state index >= 15 is 0 Å². The van der Waals surface area contributed by atoms with Gasteiger partial charge in [-0.25, -0.2) is 0 Å². The number of nitrogens with one attached hydrogen (secondary N) is 2. The van der Waals surface area contributed by atoms with Crippen LogP contribution in [0.15, 0.2) is 22.9 Å². The van der Waals surface area contributed by atoms with Crippen molar-refractivity contribution in [2.24, 2.45) is 0 Å². The quantitative estimate of drug-likeness (QED) is 0.811. The molecule has 0 aliphatic heterocycles. The van der Waals surface area contributed by atoms with Crippen LogP contribution in [0.5, 0.6) is 0 Å². The molecule has 2 aromatic heterocycles. The average molecular weight is 319 g/mol. The number of hydrogen-bond acceptors (Lipinski definition) is 3. The highest BCUT2D eigenvalue weighted by molar-refractivity contribution is 7.08. The molecule has 0 radical (unpaired) electrons. The Balaban J connectivity index is 2.01. The van der Waals surface area contributed by atoms with Crippen molar-refractivity contribution < 1.29 is 9.90 Å². The van der Waals surface area contributed by atoms with Gasteiger partial charge in [-0.05, 0) is 35.4 Å². The molecule has 102 valence electrons. The fourth-order valence-electron chi connectivity index (χ4n) is 1.55. The van der Waals surface area contributed by atoms with Crippen molar-refractivity contribution in [2.45, 2.75) is 12.5 Å². The Morgan fingerprint density at radius 2 is 2.32 bits per heavy atom. The average Bonchev–Trinajstić information content (AvgIpc) is 2.98. The summed E-state index contributed by atoms with van der Waals surface area (Å²) < 4.78 is 0. The summed E-state index contributed by atoms with van der Waals surface area (Å²) in [6.07, 6.45) is 0. The Morgan fingerprint density at radius 3 is 2.84 bits per heavy atom. The van der Waals surface area contributed by atoms with E-state index in [9.17, 15) is 9.90 Å². The Labute approximate surface area is 124 Å². The van der Waals surface area contributed by atoms with Gasteiger partial charge in [-0.1, -0.05) is 23.2 Å². The SMILES string of the molecule is C[C@@](O)(CNC(=O)c1cc(Cl)c(Cl)[nH]1)c1ccsc1. The van der Waals surface area contributed by atoms with E-state index in [0.717, 1.165) is 5.56 Å². The first-order chi connectivity index (χ1) is 8.90. The molecule has 0 saturated heterocycles. The largest absolute Gasteiger partial charge is 0.384 e. The van der Waals surface area contributed by atoms with E-state index in [1.165, 1.54) is 17.4 Å². The molecule has 1 atom stereocenters. The Kier molecular flexibility index (Phi) is 4.20. The second-order valence-electron chi connectivity index (χ2n) is 4.31. The summed E-state index contributed by atoms with van der Waals surface area (Å²) in [6.45, 7) is 1.74. The van der Waals surface area contributed by atoms with Crippen molar-refractivity contribution in [1.29, 1.82) is 0 Å². The molecule has 0 fully saturated rings. The number of H-pyrrole nitrogens is 1. The van der Waals surface area contributed by atoms with Gasteiger partial charge in [0.05, 0.1) is 11.6 Å². The van der Waals surface area contributed by atoms with Crippen LogP contribution in [0.2, 0.25) is 10.2 Å². The van der Waals surface area contributed by atoms with Crippen molar-refractivity contribution in [1.82, 2.24) is 10.3 Å². The van der Waals surface area contributed by atoms with E-state index in [1.807, 2.05) is 16.8 Å². The minimum atomic E-state index is -1.12. The zero-order valence-corrected chi connectivity index (χ0v) is 12.4. The summed E-state index contributed by atoms with van der Waals surface area (Å²) >= 11 is 13.0. The topological polar surface area (TPSA) is 65.1 Å². The highest BCUT2D eigenvalue weighted by Crippen LogP contribution is 2.23. The van der Waals surface area contributed by atoms with Crippen LogP contribution in [0.4, 0.5) is 0 Å². The maximum Gasteiger partial charge on any atom is 0.267 e. The molecule has 0 aliphatic rings. The van der Waals surface area contributed by atoms with Gasteiger partial charge in [0, 0.05) is 0 Å². The molecule has 0 spiro atoms. The molecule has 2 heterocycles. The normalized spacial score (nSPS) is 14.1. The highest BCUT2D eigenvalue weighted by Gasteiger charge is 2.24. The van der Waals surface area contributed by atoms with Crippen molar-refractivity contribution in [2.75, 3.05) is 6.54 Å². The minimum Gasteiger partial charge on any atom is -0.384 e. The first-order valence-corrected chi connectivity index (χ1v) is 7.17. The van der Waals surface area contributed by atoms with E-state index in [-0.39, 0.29) is 28.3 Å². The van der Waals surface area contributed by atoms with Crippen LogP contribution >= 0.6 is 34.5 Å². The van der Waals surface area contributed by atoms with Gasteiger partial charge in [-0.15, -0.1) is 0 Å². The van der Waals surface area contributed by atoms with Gasteiger partial charge >= 0.3 is 0 Å². The van der Waals surface area contributed by atoms with Crippen molar-refractivity contribution in [3.05, 3.63) is 44.3 Å². The van der Waals surface area contributed by atoms with Crippen LogP contribution in [0.25, 0.3) is 0 Å². The number of halogens is 2. The number of carbonyl (C=O) groups is 1. The van der Waals surface area contributed by atoms with E-state index in [0.29, 0.717) is 0 Å². The lowest BCUT2D eigenvalue weighted by molar-refractivity contribution is 0.0529. The minimum absolute atomic E-state index is 0.0941. The molecule has 7 heteroatoms. The van der Waals surface area contributed by atoms with E-state index in [1.54, 1.807) is 6.92 Å². The molecule has 1 amide bonds. The number of carbonyl (C=O) groups excluding carboxylic acids is 1. The maximum atomic E-state index is 11.9. The van der Waals surface area contributed by atoms with Gasteiger partial charge in [0.25, 0.3) is 5.91 Å². The Hall–Kier alpha value is -1.01. The fourth-order valence-corrected chi connectivity index (χ4v) is 2.64. The van der Waals surface area contributed by atoms with Gasteiger partial charge in [0.1, 0.15) is 16.4 Å². The zero-order chi connectivity index (χ0) is 14.0. The summed E-state index contributed by atoms with van der Waals surface area (Å²) in [5, 5.41) is 17.1. The predicted octanol–water partition coefficient (Wildman–Crippen LogP) is 3.02. The molecule has 0 aromatic carbocycles. The molecule has 4 nitrogen and oxygen atoms in total. The first kappa shape index (κ1) is 14.4. The summed E-state index contributed by atoms with van der Waals surface area (Å²) in [4.78, 5) is 14.5. The lowest BCUT2D eigenvalue weighted by Crippen LogP contribution is -2.38. The lowest BCUT2D eigenvalue weighted by Gasteiger charge is -2.22. The number of thiophene rings is 1. The van der Waals surface area contributed by atoms with Crippen LogP contribution < -0.4 is 5.32 Å². The summed E-state index contributed by atoms with van der Waals surface area (Å²) in [7, 11) is 0. The Morgan fingerprint density at radius 1 is 1.58 bits per heavy atom. The molecular weight excluding hydrogens is 307 g/mol. The van der Waals surface area contributed by atoms with Crippen LogP contribution in [0.3, 0.4) is 0 Å². The summed E-state index contributed by atoms with van der Waals surface area (Å²) in [5.41, 5.74) is -0.0907. The van der Waals surface area contributed by atoms with Crippen LogP contribution in [0, 0.1) is 0 Å².